The van der Waals surface area contributed by atoms with Gasteiger partial charge in [-0.05, 0) is 27.7 Å². The van der Waals surface area contributed by atoms with E-state index in [1.165, 1.54) is 0 Å². The largest absolute Gasteiger partial charge is 0.349 e. The second-order valence-corrected chi connectivity index (χ2v) is 4.31. The fraction of sp³-hybridized carbons (Fsp3) is 1.00. The molecule has 0 atom stereocenters. The van der Waals surface area contributed by atoms with Gasteiger partial charge in [0.05, 0.1) is 13.2 Å². The number of rotatable bonds is 6. The minimum atomic E-state index is -0.601. The Bertz CT molecular complexity index is 141. The zero-order valence-electron chi connectivity index (χ0n) is 9.09. The summed E-state index contributed by atoms with van der Waals surface area (Å²) in [4.78, 5) is 0. The molecule has 0 aliphatic rings. The predicted octanol–water partition coefficient (Wildman–Crippen LogP) is 0.452. The Morgan fingerprint density at radius 3 is 2.00 bits per heavy atom. The SMILES string of the molecule is CC(C)(N)COC(C)(C)OCCN. The Morgan fingerprint density at radius 1 is 1.08 bits per heavy atom. The van der Waals surface area contributed by atoms with Crippen LogP contribution < -0.4 is 11.5 Å². The van der Waals surface area contributed by atoms with Crippen molar-refractivity contribution in [2.45, 2.75) is 39.0 Å². The summed E-state index contributed by atoms with van der Waals surface area (Å²) >= 11 is 0. The average molecular weight is 190 g/mol. The molecule has 0 rings (SSSR count). The lowest BCUT2D eigenvalue weighted by molar-refractivity contribution is -0.217. The number of nitrogens with two attached hydrogens (primary N) is 2. The maximum Gasteiger partial charge on any atom is 0.162 e. The fourth-order valence-electron chi connectivity index (χ4n) is 0.706. The van der Waals surface area contributed by atoms with Crippen LogP contribution in [0.5, 0.6) is 0 Å². The summed E-state index contributed by atoms with van der Waals surface area (Å²) in [5, 5.41) is 0. The summed E-state index contributed by atoms with van der Waals surface area (Å²) < 4.78 is 10.9. The van der Waals surface area contributed by atoms with Crippen LogP contribution >= 0.6 is 0 Å². The summed E-state index contributed by atoms with van der Waals surface area (Å²) in [7, 11) is 0. The van der Waals surface area contributed by atoms with Gasteiger partial charge in [0.25, 0.3) is 0 Å². The number of hydrogen-bond acceptors (Lipinski definition) is 4. The van der Waals surface area contributed by atoms with Gasteiger partial charge in [0, 0.05) is 12.1 Å². The van der Waals surface area contributed by atoms with Gasteiger partial charge in [-0.25, -0.2) is 0 Å². The second-order valence-electron chi connectivity index (χ2n) is 4.31. The molecule has 0 aromatic rings. The Morgan fingerprint density at radius 2 is 1.62 bits per heavy atom. The molecule has 0 unspecified atom stereocenters. The normalized spacial score (nSPS) is 13.4. The van der Waals surface area contributed by atoms with Gasteiger partial charge in [-0.15, -0.1) is 0 Å². The van der Waals surface area contributed by atoms with Crippen LogP contribution in [0.15, 0.2) is 0 Å². The van der Waals surface area contributed by atoms with Crippen LogP contribution in [0.3, 0.4) is 0 Å². The van der Waals surface area contributed by atoms with E-state index in [1.807, 2.05) is 27.7 Å². The molecule has 0 saturated carbocycles. The molecule has 13 heavy (non-hydrogen) atoms. The molecule has 0 aliphatic heterocycles. The molecule has 0 fully saturated rings. The van der Waals surface area contributed by atoms with Crippen molar-refractivity contribution in [2.24, 2.45) is 11.5 Å². The smallest absolute Gasteiger partial charge is 0.162 e. The molecule has 0 amide bonds. The molecule has 0 spiro atoms. The Kier molecular flexibility index (Phi) is 4.85. The Labute approximate surface area is 80.6 Å². The minimum absolute atomic E-state index is 0.330. The zero-order valence-corrected chi connectivity index (χ0v) is 9.09. The third kappa shape index (κ3) is 8.18. The number of hydrogen-bond donors (Lipinski definition) is 2. The average Bonchev–Trinajstić information content (AvgIpc) is 1.97. The molecule has 4 heteroatoms. The highest BCUT2D eigenvalue weighted by Gasteiger charge is 2.22. The first kappa shape index (κ1) is 12.8. The van der Waals surface area contributed by atoms with Crippen LogP contribution in [0, 0.1) is 0 Å². The van der Waals surface area contributed by atoms with E-state index >= 15 is 0 Å². The maximum absolute atomic E-state index is 5.77. The van der Waals surface area contributed by atoms with Gasteiger partial charge < -0.3 is 20.9 Å². The van der Waals surface area contributed by atoms with Gasteiger partial charge in [0.2, 0.25) is 0 Å². The van der Waals surface area contributed by atoms with E-state index in [4.69, 9.17) is 20.9 Å². The molecule has 0 aromatic heterocycles. The van der Waals surface area contributed by atoms with Gasteiger partial charge >= 0.3 is 0 Å². The van der Waals surface area contributed by atoms with Crippen molar-refractivity contribution in [2.75, 3.05) is 19.8 Å². The maximum atomic E-state index is 5.77. The highest BCUT2D eigenvalue weighted by atomic mass is 16.7. The van der Waals surface area contributed by atoms with Gasteiger partial charge in [-0.3, -0.25) is 0 Å². The first-order valence-corrected chi connectivity index (χ1v) is 4.54. The molecule has 0 saturated heterocycles. The standard InChI is InChI=1S/C9H22N2O2/c1-8(2,11)7-13-9(3,4)12-6-5-10/h5-7,10-11H2,1-4H3. The van der Waals surface area contributed by atoms with Gasteiger partial charge in [-0.2, -0.15) is 0 Å². The van der Waals surface area contributed by atoms with Crippen molar-refractivity contribution < 1.29 is 9.47 Å². The van der Waals surface area contributed by atoms with Gasteiger partial charge in [0.1, 0.15) is 0 Å². The second kappa shape index (κ2) is 4.91. The van der Waals surface area contributed by atoms with E-state index < -0.39 is 5.79 Å². The molecule has 0 aliphatic carbocycles. The fourth-order valence-corrected chi connectivity index (χ4v) is 0.706. The minimum Gasteiger partial charge on any atom is -0.349 e. The van der Waals surface area contributed by atoms with E-state index in [-0.39, 0.29) is 5.54 Å². The lowest BCUT2D eigenvalue weighted by atomic mass is 10.1. The highest BCUT2D eigenvalue weighted by Crippen LogP contribution is 2.13. The Balaban J connectivity index is 3.75. The van der Waals surface area contributed by atoms with E-state index in [2.05, 4.69) is 0 Å². The van der Waals surface area contributed by atoms with E-state index in [0.717, 1.165) is 0 Å². The van der Waals surface area contributed by atoms with Crippen molar-refractivity contribution in [3.63, 3.8) is 0 Å². The van der Waals surface area contributed by atoms with Crippen molar-refractivity contribution in [1.82, 2.24) is 0 Å². The van der Waals surface area contributed by atoms with Crippen molar-refractivity contribution in [3.8, 4) is 0 Å². The van der Waals surface area contributed by atoms with Crippen LogP contribution in [0.25, 0.3) is 0 Å². The first-order chi connectivity index (χ1) is 5.77. The third-order valence-electron chi connectivity index (χ3n) is 1.36. The summed E-state index contributed by atoms with van der Waals surface area (Å²) in [5.41, 5.74) is 10.7. The topological polar surface area (TPSA) is 70.5 Å². The highest BCUT2D eigenvalue weighted by molar-refractivity contribution is 4.71. The third-order valence-corrected chi connectivity index (χ3v) is 1.36. The molecule has 0 aromatic carbocycles. The monoisotopic (exact) mass is 190 g/mol. The summed E-state index contributed by atoms with van der Waals surface area (Å²) in [5.74, 6) is -0.601. The molecule has 4 N–H and O–H groups in total. The van der Waals surface area contributed by atoms with Gasteiger partial charge in [-0.1, -0.05) is 0 Å². The predicted molar refractivity (Wildman–Crippen MR) is 53.3 cm³/mol. The molecule has 0 heterocycles. The van der Waals surface area contributed by atoms with Crippen LogP contribution in [0.4, 0.5) is 0 Å². The van der Waals surface area contributed by atoms with Crippen molar-refractivity contribution in [1.29, 1.82) is 0 Å². The molecule has 0 bridgehead atoms. The number of ether oxygens (including phenoxy) is 2. The Hall–Kier alpha value is -0.160. The van der Waals surface area contributed by atoms with Crippen molar-refractivity contribution in [3.05, 3.63) is 0 Å². The summed E-state index contributed by atoms with van der Waals surface area (Å²) in [6.07, 6.45) is 0. The summed E-state index contributed by atoms with van der Waals surface area (Å²) in [6.45, 7) is 8.99. The van der Waals surface area contributed by atoms with E-state index in [0.29, 0.717) is 19.8 Å². The molecule has 4 nitrogen and oxygen atoms in total. The quantitative estimate of drug-likeness (QED) is 0.597. The lowest BCUT2D eigenvalue weighted by Gasteiger charge is -2.29. The summed E-state index contributed by atoms with van der Waals surface area (Å²) in [6, 6.07) is 0. The van der Waals surface area contributed by atoms with Crippen LogP contribution in [-0.2, 0) is 9.47 Å². The van der Waals surface area contributed by atoms with Crippen LogP contribution in [-0.4, -0.2) is 31.1 Å². The van der Waals surface area contributed by atoms with Crippen LogP contribution in [0.2, 0.25) is 0 Å². The lowest BCUT2D eigenvalue weighted by Crippen LogP contribution is -2.42. The van der Waals surface area contributed by atoms with Crippen molar-refractivity contribution >= 4 is 0 Å². The van der Waals surface area contributed by atoms with E-state index in [9.17, 15) is 0 Å². The van der Waals surface area contributed by atoms with Gasteiger partial charge in [0.15, 0.2) is 5.79 Å². The molecule has 0 radical (unpaired) electrons. The first-order valence-electron chi connectivity index (χ1n) is 4.54. The molecule has 80 valence electrons. The zero-order chi connectivity index (χ0) is 10.5. The van der Waals surface area contributed by atoms with E-state index in [1.54, 1.807) is 0 Å². The van der Waals surface area contributed by atoms with Crippen LogP contribution in [0.1, 0.15) is 27.7 Å². The molecular weight excluding hydrogens is 168 g/mol. The molecular formula is C9H22N2O2.